The molecule has 6 heteroatoms. The quantitative estimate of drug-likeness (QED) is 0.827. The van der Waals surface area contributed by atoms with Crippen molar-refractivity contribution in [2.45, 2.75) is 26.7 Å². The van der Waals surface area contributed by atoms with Gasteiger partial charge in [0.1, 0.15) is 0 Å². The maximum Gasteiger partial charge on any atom is 0.341 e. The van der Waals surface area contributed by atoms with Gasteiger partial charge >= 0.3 is 5.97 Å². The highest BCUT2D eigenvalue weighted by molar-refractivity contribution is 5.90. The van der Waals surface area contributed by atoms with Gasteiger partial charge in [0.15, 0.2) is 0 Å². The highest BCUT2D eigenvalue weighted by Gasteiger charge is 2.21. The molecule has 0 bridgehead atoms. The molecular formula is C15H24N4O2. The third kappa shape index (κ3) is 3.91. The minimum atomic E-state index is -0.353. The van der Waals surface area contributed by atoms with Crippen LogP contribution in [0.4, 0.5) is 5.95 Å². The van der Waals surface area contributed by atoms with Gasteiger partial charge in [0, 0.05) is 19.3 Å². The van der Waals surface area contributed by atoms with Crippen molar-refractivity contribution in [1.29, 1.82) is 0 Å². The monoisotopic (exact) mass is 292 g/mol. The Balaban J connectivity index is 2.02. The second kappa shape index (κ2) is 7.36. The van der Waals surface area contributed by atoms with Crippen molar-refractivity contribution in [1.82, 2.24) is 15.3 Å². The van der Waals surface area contributed by atoms with E-state index in [-0.39, 0.29) is 5.97 Å². The van der Waals surface area contributed by atoms with Crippen molar-refractivity contribution >= 4 is 11.9 Å². The minimum Gasteiger partial charge on any atom is -0.462 e. The summed E-state index contributed by atoms with van der Waals surface area (Å²) < 4.78 is 5.00. The van der Waals surface area contributed by atoms with E-state index in [4.69, 9.17) is 4.74 Å². The Bertz CT molecular complexity index is 485. The number of ether oxygens (including phenoxy) is 1. The molecule has 0 saturated carbocycles. The van der Waals surface area contributed by atoms with Crippen molar-refractivity contribution in [3.05, 3.63) is 17.5 Å². The number of piperidine rings is 1. The van der Waals surface area contributed by atoms with Gasteiger partial charge in [-0.1, -0.05) is 0 Å². The number of nitrogens with one attached hydrogen (secondary N) is 1. The van der Waals surface area contributed by atoms with Crippen molar-refractivity contribution in [2.75, 3.05) is 38.2 Å². The van der Waals surface area contributed by atoms with Crippen LogP contribution in [0, 0.1) is 12.8 Å². The molecule has 116 valence electrons. The van der Waals surface area contributed by atoms with Gasteiger partial charge in [0.25, 0.3) is 0 Å². The zero-order valence-electron chi connectivity index (χ0n) is 13.1. The van der Waals surface area contributed by atoms with Gasteiger partial charge in [-0.3, -0.25) is 0 Å². The molecule has 1 fully saturated rings. The lowest BCUT2D eigenvalue weighted by Gasteiger charge is -2.32. The molecule has 1 aromatic rings. The fraction of sp³-hybridized carbons (Fsp3) is 0.667. The van der Waals surface area contributed by atoms with Crippen molar-refractivity contribution in [3.63, 3.8) is 0 Å². The van der Waals surface area contributed by atoms with Crippen LogP contribution in [0.25, 0.3) is 0 Å². The van der Waals surface area contributed by atoms with E-state index in [0.29, 0.717) is 23.8 Å². The van der Waals surface area contributed by atoms with E-state index in [1.165, 1.54) is 0 Å². The molecule has 2 heterocycles. The van der Waals surface area contributed by atoms with Gasteiger partial charge in [-0.15, -0.1) is 0 Å². The molecular weight excluding hydrogens is 268 g/mol. The average molecular weight is 292 g/mol. The molecule has 0 unspecified atom stereocenters. The first-order valence-corrected chi connectivity index (χ1v) is 7.56. The summed E-state index contributed by atoms with van der Waals surface area (Å²) >= 11 is 0. The van der Waals surface area contributed by atoms with Gasteiger partial charge < -0.3 is 15.0 Å². The first-order valence-electron chi connectivity index (χ1n) is 7.56. The molecule has 0 spiro atoms. The number of carbonyl (C=O) groups excluding carboxylic acids is 1. The summed E-state index contributed by atoms with van der Waals surface area (Å²) in [7, 11) is 1.99. The largest absolute Gasteiger partial charge is 0.462 e. The Morgan fingerprint density at radius 2 is 2.19 bits per heavy atom. The van der Waals surface area contributed by atoms with Crippen LogP contribution in [0.2, 0.25) is 0 Å². The second-order valence-corrected chi connectivity index (χ2v) is 5.38. The number of aromatic nitrogens is 2. The summed E-state index contributed by atoms with van der Waals surface area (Å²) in [5, 5.41) is 3.23. The predicted molar refractivity (Wildman–Crippen MR) is 81.6 cm³/mol. The Morgan fingerprint density at radius 1 is 1.48 bits per heavy atom. The molecule has 21 heavy (non-hydrogen) atoms. The third-order valence-electron chi connectivity index (χ3n) is 3.85. The number of carbonyl (C=O) groups is 1. The van der Waals surface area contributed by atoms with E-state index in [1.54, 1.807) is 13.1 Å². The Morgan fingerprint density at radius 3 is 2.76 bits per heavy atom. The number of hydrogen-bond acceptors (Lipinski definition) is 6. The number of esters is 1. The fourth-order valence-corrected chi connectivity index (χ4v) is 2.64. The Hall–Kier alpha value is -1.69. The van der Waals surface area contributed by atoms with Gasteiger partial charge in [-0.25, -0.2) is 14.8 Å². The molecule has 1 aliphatic heterocycles. The fourth-order valence-electron chi connectivity index (χ4n) is 2.64. The summed E-state index contributed by atoms with van der Waals surface area (Å²) in [6.45, 7) is 6.96. The van der Waals surface area contributed by atoms with Gasteiger partial charge in [0.2, 0.25) is 5.95 Å². The molecule has 0 radical (unpaired) electrons. The maximum absolute atomic E-state index is 11.7. The summed E-state index contributed by atoms with van der Waals surface area (Å²) in [5.74, 6) is 1.09. The summed E-state index contributed by atoms with van der Waals surface area (Å²) in [4.78, 5) is 22.7. The Kier molecular flexibility index (Phi) is 5.50. The van der Waals surface area contributed by atoms with E-state index < -0.39 is 0 Å². The zero-order valence-corrected chi connectivity index (χ0v) is 13.1. The maximum atomic E-state index is 11.7. The molecule has 6 nitrogen and oxygen atoms in total. The van der Waals surface area contributed by atoms with E-state index in [1.807, 2.05) is 14.0 Å². The number of nitrogens with zero attached hydrogens (tertiary/aromatic N) is 3. The van der Waals surface area contributed by atoms with Crippen LogP contribution in [0.15, 0.2) is 6.20 Å². The lowest BCUT2D eigenvalue weighted by molar-refractivity contribution is 0.0524. The van der Waals surface area contributed by atoms with Gasteiger partial charge in [0.05, 0.1) is 17.9 Å². The third-order valence-corrected chi connectivity index (χ3v) is 3.85. The van der Waals surface area contributed by atoms with E-state index in [9.17, 15) is 4.79 Å². The molecule has 0 amide bonds. The zero-order chi connectivity index (χ0) is 15.2. The molecule has 0 aliphatic carbocycles. The highest BCUT2D eigenvalue weighted by Crippen LogP contribution is 2.21. The first kappa shape index (κ1) is 15.7. The molecule has 1 aliphatic rings. The van der Waals surface area contributed by atoms with E-state index >= 15 is 0 Å². The van der Waals surface area contributed by atoms with Crippen molar-refractivity contribution < 1.29 is 9.53 Å². The number of rotatable bonds is 5. The Labute approximate surface area is 125 Å². The molecule has 2 rings (SSSR count). The normalized spacial score (nSPS) is 16.0. The average Bonchev–Trinajstić information content (AvgIpc) is 2.48. The van der Waals surface area contributed by atoms with Gasteiger partial charge in [-0.05, 0) is 46.2 Å². The molecule has 0 atom stereocenters. The van der Waals surface area contributed by atoms with Gasteiger partial charge in [-0.2, -0.15) is 0 Å². The van der Waals surface area contributed by atoms with Crippen LogP contribution >= 0.6 is 0 Å². The summed E-state index contributed by atoms with van der Waals surface area (Å²) in [6, 6.07) is 0. The number of anilines is 1. The van der Waals surface area contributed by atoms with Crippen LogP contribution in [-0.2, 0) is 4.74 Å². The SMILES string of the molecule is CCOC(=O)c1cnc(N2CCC(CNC)CC2)nc1C. The molecule has 1 aromatic heterocycles. The highest BCUT2D eigenvalue weighted by atomic mass is 16.5. The topological polar surface area (TPSA) is 67.3 Å². The molecule has 1 saturated heterocycles. The number of aryl methyl sites for hydroxylation is 1. The lowest BCUT2D eigenvalue weighted by Crippen LogP contribution is -2.37. The molecule has 0 aromatic carbocycles. The second-order valence-electron chi connectivity index (χ2n) is 5.38. The van der Waals surface area contributed by atoms with Crippen LogP contribution < -0.4 is 10.2 Å². The van der Waals surface area contributed by atoms with Crippen molar-refractivity contribution in [3.8, 4) is 0 Å². The number of hydrogen-bond donors (Lipinski definition) is 1. The lowest BCUT2D eigenvalue weighted by atomic mass is 9.97. The van der Waals surface area contributed by atoms with Crippen LogP contribution in [-0.4, -0.2) is 49.2 Å². The smallest absolute Gasteiger partial charge is 0.341 e. The summed E-state index contributed by atoms with van der Waals surface area (Å²) in [5.41, 5.74) is 1.13. The van der Waals surface area contributed by atoms with E-state index in [0.717, 1.165) is 38.4 Å². The first-order chi connectivity index (χ1) is 10.2. The minimum absolute atomic E-state index is 0.353. The van der Waals surface area contributed by atoms with Crippen LogP contribution in [0.1, 0.15) is 35.8 Å². The standard InChI is InChI=1S/C15H24N4O2/c1-4-21-14(20)13-10-17-15(18-11(13)2)19-7-5-12(6-8-19)9-16-3/h10,12,16H,4-9H2,1-3H3. The summed E-state index contributed by atoms with van der Waals surface area (Å²) in [6.07, 6.45) is 3.86. The molecule has 1 N–H and O–H groups in total. The van der Waals surface area contributed by atoms with Crippen LogP contribution in [0.3, 0.4) is 0 Å². The predicted octanol–water partition coefficient (Wildman–Crippen LogP) is 1.40. The van der Waals surface area contributed by atoms with Crippen LogP contribution in [0.5, 0.6) is 0 Å². The van der Waals surface area contributed by atoms with E-state index in [2.05, 4.69) is 20.2 Å². The van der Waals surface area contributed by atoms with Crippen molar-refractivity contribution in [2.24, 2.45) is 5.92 Å².